The van der Waals surface area contributed by atoms with Crippen LogP contribution in [-0.4, -0.2) is 48.9 Å². The van der Waals surface area contributed by atoms with Crippen molar-refractivity contribution in [2.24, 2.45) is 0 Å². The van der Waals surface area contributed by atoms with Crippen LogP contribution in [0.2, 0.25) is 0 Å². The summed E-state index contributed by atoms with van der Waals surface area (Å²) in [6.07, 6.45) is 6.18. The minimum Gasteiger partial charge on any atom is -0.385 e. The van der Waals surface area contributed by atoms with Gasteiger partial charge >= 0.3 is 0 Å². The Bertz CT molecular complexity index is 790. The Morgan fingerprint density at radius 2 is 1.87 bits per heavy atom. The number of pyridine rings is 1. The Labute approximate surface area is 187 Å². The van der Waals surface area contributed by atoms with Gasteiger partial charge < -0.3 is 9.64 Å². The zero-order valence-electron chi connectivity index (χ0n) is 19.8. The molecule has 5 heteroatoms. The lowest BCUT2D eigenvalue weighted by atomic mass is 9.91. The third kappa shape index (κ3) is 9.88. The summed E-state index contributed by atoms with van der Waals surface area (Å²) >= 11 is 0. The normalized spacial score (nSPS) is 12.0. The van der Waals surface area contributed by atoms with Gasteiger partial charge in [-0.3, -0.25) is 14.6 Å². The second kappa shape index (κ2) is 15.3. The molecule has 1 aromatic carbocycles. The van der Waals surface area contributed by atoms with E-state index in [4.69, 9.17) is 4.74 Å². The van der Waals surface area contributed by atoms with Crippen LogP contribution in [0.1, 0.15) is 66.7 Å². The number of hydrogen-bond acceptors (Lipinski definition) is 4. The maximum atomic E-state index is 11.9. The molecule has 0 bridgehead atoms. The van der Waals surface area contributed by atoms with Crippen LogP contribution in [-0.2, 0) is 22.4 Å². The van der Waals surface area contributed by atoms with Gasteiger partial charge in [-0.15, -0.1) is 0 Å². The van der Waals surface area contributed by atoms with E-state index < -0.39 is 0 Å². The highest BCUT2D eigenvalue weighted by Gasteiger charge is 2.18. The number of Topliss-reactive ketones (excluding diaryl/α,β-unsaturated/α-hetero) is 1. The first kappa shape index (κ1) is 26.5. The predicted octanol–water partition coefficient (Wildman–Crippen LogP) is 5.05. The highest BCUT2D eigenvalue weighted by Crippen LogP contribution is 2.21. The molecule has 0 N–H and O–H groups in total. The molecule has 0 aliphatic heterocycles. The highest BCUT2D eigenvalue weighted by molar-refractivity contribution is 5.98. The van der Waals surface area contributed by atoms with Gasteiger partial charge in [-0.25, -0.2) is 0 Å². The lowest BCUT2D eigenvalue weighted by Crippen LogP contribution is -2.29. The van der Waals surface area contributed by atoms with Crippen LogP contribution in [0.25, 0.3) is 0 Å². The van der Waals surface area contributed by atoms with Crippen molar-refractivity contribution in [1.82, 2.24) is 9.88 Å². The van der Waals surface area contributed by atoms with Gasteiger partial charge in [0.1, 0.15) is 0 Å². The standard InChI is InChI=1S/C17H24N2O3.C7H8.C2H6/c1-19(17(21)7-4-10-22-2)9-8-14-11-13-5-3-6-16(20)15(13)12-18-14;1-7-5-3-2-4-6-7;1-2/h11-12H,3-10H2,1-2H3;2-6H,1H3;1-2H3. The monoisotopic (exact) mass is 426 g/mol. The molecule has 1 heterocycles. The summed E-state index contributed by atoms with van der Waals surface area (Å²) in [4.78, 5) is 29.8. The molecule has 1 aromatic heterocycles. The van der Waals surface area contributed by atoms with Crippen LogP contribution in [0, 0.1) is 6.92 Å². The third-order valence-electron chi connectivity index (χ3n) is 5.01. The quantitative estimate of drug-likeness (QED) is 0.581. The SMILES string of the molecule is CC.COCCCC(=O)N(C)CCc1cc2c(cn1)C(=O)CCC2.Cc1ccccc1. The summed E-state index contributed by atoms with van der Waals surface area (Å²) < 4.78 is 4.95. The zero-order chi connectivity index (χ0) is 23.1. The van der Waals surface area contributed by atoms with Gasteiger partial charge in [0, 0.05) is 64.0 Å². The number of aromatic nitrogens is 1. The molecule has 5 nitrogen and oxygen atoms in total. The number of methoxy groups -OCH3 is 1. The van der Waals surface area contributed by atoms with E-state index in [0.29, 0.717) is 32.4 Å². The lowest BCUT2D eigenvalue weighted by molar-refractivity contribution is -0.130. The third-order valence-corrected chi connectivity index (χ3v) is 5.01. The number of benzene rings is 1. The summed E-state index contributed by atoms with van der Waals surface area (Å²) in [6.45, 7) is 7.34. The van der Waals surface area contributed by atoms with Crippen molar-refractivity contribution in [3.05, 3.63) is 65.0 Å². The van der Waals surface area contributed by atoms with Crippen LogP contribution >= 0.6 is 0 Å². The van der Waals surface area contributed by atoms with Gasteiger partial charge in [-0.2, -0.15) is 0 Å². The Hall–Kier alpha value is -2.53. The molecule has 3 rings (SSSR count). The molecule has 0 spiro atoms. The van der Waals surface area contributed by atoms with E-state index in [1.165, 1.54) is 5.56 Å². The Kier molecular flexibility index (Phi) is 13.1. The number of amides is 1. The summed E-state index contributed by atoms with van der Waals surface area (Å²) in [7, 11) is 3.46. The predicted molar refractivity (Wildman–Crippen MR) is 126 cm³/mol. The topological polar surface area (TPSA) is 59.5 Å². The van der Waals surface area contributed by atoms with Crippen molar-refractivity contribution in [1.29, 1.82) is 0 Å². The van der Waals surface area contributed by atoms with Gasteiger partial charge in [-0.05, 0) is 37.8 Å². The van der Waals surface area contributed by atoms with E-state index in [1.807, 2.05) is 45.2 Å². The molecular formula is C26H38N2O3. The van der Waals surface area contributed by atoms with Crippen LogP contribution in [0.5, 0.6) is 0 Å². The Morgan fingerprint density at radius 3 is 2.48 bits per heavy atom. The van der Waals surface area contributed by atoms with Crippen molar-refractivity contribution in [3.63, 3.8) is 0 Å². The van der Waals surface area contributed by atoms with E-state index in [-0.39, 0.29) is 11.7 Å². The van der Waals surface area contributed by atoms with E-state index >= 15 is 0 Å². The second-order valence-corrected chi connectivity index (χ2v) is 7.43. The molecule has 0 saturated carbocycles. The van der Waals surface area contributed by atoms with Crippen molar-refractivity contribution < 1.29 is 14.3 Å². The molecule has 0 unspecified atom stereocenters. The average Bonchev–Trinajstić information content (AvgIpc) is 2.80. The number of carbonyl (C=O) groups excluding carboxylic acids is 2. The molecule has 1 aliphatic rings. The summed E-state index contributed by atoms with van der Waals surface area (Å²) in [5, 5.41) is 0. The van der Waals surface area contributed by atoms with E-state index in [1.54, 1.807) is 18.2 Å². The average molecular weight is 427 g/mol. The first-order valence-corrected chi connectivity index (χ1v) is 11.3. The Morgan fingerprint density at radius 1 is 1.16 bits per heavy atom. The molecule has 0 saturated heterocycles. The van der Waals surface area contributed by atoms with Gasteiger partial charge in [0.25, 0.3) is 0 Å². The molecule has 1 amide bonds. The number of fused-ring (bicyclic) bond motifs is 1. The summed E-state index contributed by atoms with van der Waals surface area (Å²) in [6, 6.07) is 12.3. The second-order valence-electron chi connectivity index (χ2n) is 7.43. The fourth-order valence-electron chi connectivity index (χ4n) is 3.22. The first-order valence-electron chi connectivity index (χ1n) is 11.3. The molecule has 1 aliphatic carbocycles. The minimum atomic E-state index is 0.130. The maximum Gasteiger partial charge on any atom is 0.222 e. The number of aryl methyl sites for hydroxylation is 2. The van der Waals surface area contributed by atoms with Crippen molar-refractivity contribution in [2.45, 2.75) is 59.3 Å². The van der Waals surface area contributed by atoms with E-state index in [9.17, 15) is 9.59 Å². The number of ketones is 1. The molecule has 31 heavy (non-hydrogen) atoms. The highest BCUT2D eigenvalue weighted by atomic mass is 16.5. The number of nitrogens with zero attached hydrogens (tertiary/aromatic N) is 2. The Balaban J connectivity index is 0.000000447. The van der Waals surface area contributed by atoms with Crippen LogP contribution in [0.4, 0.5) is 0 Å². The molecular weight excluding hydrogens is 388 g/mol. The largest absolute Gasteiger partial charge is 0.385 e. The maximum absolute atomic E-state index is 11.9. The fraction of sp³-hybridized carbons (Fsp3) is 0.500. The van der Waals surface area contributed by atoms with Gasteiger partial charge in [0.15, 0.2) is 5.78 Å². The number of carbonyl (C=O) groups is 2. The fourth-order valence-corrected chi connectivity index (χ4v) is 3.22. The minimum absolute atomic E-state index is 0.130. The molecule has 170 valence electrons. The number of hydrogen-bond donors (Lipinski definition) is 0. The smallest absolute Gasteiger partial charge is 0.222 e. The number of ether oxygens (including phenoxy) is 1. The van der Waals surface area contributed by atoms with Gasteiger partial charge in [-0.1, -0.05) is 49.7 Å². The summed E-state index contributed by atoms with van der Waals surface area (Å²) in [5.41, 5.74) is 4.15. The molecule has 2 aromatic rings. The molecule has 0 fully saturated rings. The zero-order valence-corrected chi connectivity index (χ0v) is 19.8. The van der Waals surface area contributed by atoms with Crippen LogP contribution in [0.15, 0.2) is 42.6 Å². The van der Waals surface area contributed by atoms with Gasteiger partial charge in [0.2, 0.25) is 5.91 Å². The van der Waals surface area contributed by atoms with Crippen molar-refractivity contribution in [2.75, 3.05) is 27.3 Å². The van der Waals surface area contributed by atoms with E-state index in [2.05, 4.69) is 24.0 Å². The number of rotatable bonds is 7. The van der Waals surface area contributed by atoms with Crippen molar-refractivity contribution >= 4 is 11.7 Å². The van der Waals surface area contributed by atoms with Gasteiger partial charge in [0.05, 0.1) is 0 Å². The first-order chi connectivity index (χ1) is 15.0. The van der Waals surface area contributed by atoms with Crippen molar-refractivity contribution in [3.8, 4) is 0 Å². The molecule has 0 atom stereocenters. The van der Waals surface area contributed by atoms with Crippen LogP contribution < -0.4 is 0 Å². The van der Waals surface area contributed by atoms with E-state index in [0.717, 1.165) is 36.1 Å². The molecule has 0 radical (unpaired) electrons. The summed E-state index contributed by atoms with van der Waals surface area (Å²) in [5.74, 6) is 0.330. The number of likely N-dealkylation sites (N-methyl/N-ethyl adjacent to an activating group) is 1. The lowest BCUT2D eigenvalue weighted by Gasteiger charge is -2.18. The van der Waals surface area contributed by atoms with Crippen LogP contribution in [0.3, 0.4) is 0 Å².